The van der Waals surface area contributed by atoms with Gasteiger partial charge >= 0.3 is 5.97 Å². The number of carboxylic acids is 1. The fourth-order valence-electron chi connectivity index (χ4n) is 2.78. The van der Waals surface area contributed by atoms with E-state index in [1.807, 2.05) is 25.1 Å². The number of carbonyl (C=O) groups is 2. The van der Waals surface area contributed by atoms with Crippen LogP contribution in [0.15, 0.2) is 18.2 Å². The smallest absolute Gasteiger partial charge is 0.308 e. The number of hydrogen-bond donors (Lipinski definition) is 1. The zero-order valence-electron chi connectivity index (χ0n) is 13.9. The Balaban J connectivity index is 1.72. The Bertz CT molecular complexity index is 570. The van der Waals surface area contributed by atoms with Crippen molar-refractivity contribution in [2.45, 2.75) is 39.5 Å². The number of piperidine rings is 1. The molecule has 23 heavy (non-hydrogen) atoms. The van der Waals surface area contributed by atoms with E-state index < -0.39 is 11.9 Å². The number of benzene rings is 1. The summed E-state index contributed by atoms with van der Waals surface area (Å²) in [6, 6.07) is 5.96. The van der Waals surface area contributed by atoms with Crippen LogP contribution >= 0.6 is 0 Å². The summed E-state index contributed by atoms with van der Waals surface area (Å²) in [4.78, 5) is 24.9. The van der Waals surface area contributed by atoms with Crippen LogP contribution in [0.3, 0.4) is 0 Å². The Kier molecular flexibility index (Phi) is 6.02. The molecule has 0 aromatic heterocycles. The zero-order chi connectivity index (χ0) is 16.8. The van der Waals surface area contributed by atoms with Gasteiger partial charge in [-0.2, -0.15) is 0 Å². The molecule has 0 saturated carbocycles. The first-order valence-electron chi connectivity index (χ1n) is 8.18. The van der Waals surface area contributed by atoms with Crippen molar-refractivity contribution in [2.24, 2.45) is 5.92 Å². The lowest BCUT2D eigenvalue weighted by Gasteiger charge is -2.30. The van der Waals surface area contributed by atoms with Crippen LogP contribution < -0.4 is 4.74 Å². The highest BCUT2D eigenvalue weighted by Crippen LogP contribution is 2.19. The molecule has 2 rings (SSSR count). The van der Waals surface area contributed by atoms with Gasteiger partial charge in [0.25, 0.3) is 0 Å². The standard InChI is InChI=1S/C18H25NO4/c1-13-7-8-16(11-14(13)2)23-10-4-6-17(20)19-9-3-5-15(12-19)18(21)22/h7-8,11,15H,3-6,9-10,12H2,1-2H3,(H,21,22)/t15-/m0/s1. The summed E-state index contributed by atoms with van der Waals surface area (Å²) in [7, 11) is 0. The first-order chi connectivity index (χ1) is 11.0. The molecule has 0 bridgehead atoms. The van der Waals surface area contributed by atoms with Crippen LogP contribution in [0.2, 0.25) is 0 Å². The molecule has 126 valence electrons. The largest absolute Gasteiger partial charge is 0.494 e. The number of nitrogens with zero attached hydrogens (tertiary/aromatic N) is 1. The molecule has 0 aliphatic carbocycles. The molecule has 1 atom stereocenters. The molecule has 1 saturated heterocycles. The predicted octanol–water partition coefficient (Wildman–Crippen LogP) is 2.79. The van der Waals surface area contributed by atoms with E-state index in [1.54, 1.807) is 4.90 Å². The summed E-state index contributed by atoms with van der Waals surface area (Å²) in [5.41, 5.74) is 2.41. The number of aliphatic carboxylic acids is 1. The molecule has 1 aromatic rings. The molecule has 1 N–H and O–H groups in total. The third-order valence-electron chi connectivity index (χ3n) is 4.41. The summed E-state index contributed by atoms with van der Waals surface area (Å²) in [5.74, 6) is -0.371. The highest BCUT2D eigenvalue weighted by molar-refractivity contribution is 5.78. The summed E-state index contributed by atoms with van der Waals surface area (Å²) in [6.45, 7) is 5.60. The van der Waals surface area contributed by atoms with E-state index >= 15 is 0 Å². The minimum atomic E-state index is -0.805. The third kappa shape index (κ3) is 4.98. The normalized spacial score (nSPS) is 17.8. The summed E-state index contributed by atoms with van der Waals surface area (Å²) >= 11 is 0. The van der Waals surface area contributed by atoms with E-state index in [0.29, 0.717) is 39.0 Å². The molecule has 5 heteroatoms. The number of ether oxygens (including phenoxy) is 1. The molecule has 1 aromatic carbocycles. The van der Waals surface area contributed by atoms with Gasteiger partial charge in [0, 0.05) is 19.5 Å². The molecule has 1 aliphatic heterocycles. The number of hydrogen-bond acceptors (Lipinski definition) is 3. The van der Waals surface area contributed by atoms with Crippen molar-refractivity contribution in [1.29, 1.82) is 0 Å². The fourth-order valence-corrected chi connectivity index (χ4v) is 2.78. The SMILES string of the molecule is Cc1ccc(OCCCC(=O)N2CCC[C@H](C(=O)O)C2)cc1C. The number of rotatable bonds is 6. The van der Waals surface area contributed by atoms with Crippen LogP contribution in [0.4, 0.5) is 0 Å². The van der Waals surface area contributed by atoms with E-state index in [0.717, 1.165) is 12.2 Å². The van der Waals surface area contributed by atoms with Gasteiger partial charge in [0.2, 0.25) is 5.91 Å². The van der Waals surface area contributed by atoms with Crippen LogP contribution in [0, 0.1) is 19.8 Å². The Hall–Kier alpha value is -2.04. The second-order valence-corrected chi connectivity index (χ2v) is 6.22. The molecule has 1 fully saturated rings. The summed E-state index contributed by atoms with van der Waals surface area (Å²) < 4.78 is 5.67. The lowest BCUT2D eigenvalue weighted by atomic mass is 9.98. The number of likely N-dealkylation sites (tertiary alicyclic amines) is 1. The van der Waals surface area contributed by atoms with Gasteiger partial charge in [-0.15, -0.1) is 0 Å². The van der Waals surface area contributed by atoms with Crippen molar-refractivity contribution in [2.75, 3.05) is 19.7 Å². The Morgan fingerprint density at radius 3 is 2.78 bits per heavy atom. The molecule has 1 aliphatic rings. The molecular weight excluding hydrogens is 294 g/mol. The van der Waals surface area contributed by atoms with Gasteiger partial charge in [-0.25, -0.2) is 0 Å². The van der Waals surface area contributed by atoms with Crippen LogP contribution in [-0.2, 0) is 9.59 Å². The summed E-state index contributed by atoms with van der Waals surface area (Å²) in [5, 5.41) is 9.06. The highest BCUT2D eigenvalue weighted by Gasteiger charge is 2.27. The molecule has 0 spiro atoms. The number of carbonyl (C=O) groups excluding carboxylic acids is 1. The van der Waals surface area contributed by atoms with Crippen LogP contribution in [0.5, 0.6) is 5.75 Å². The topological polar surface area (TPSA) is 66.8 Å². The monoisotopic (exact) mass is 319 g/mol. The predicted molar refractivity (Wildman–Crippen MR) is 87.6 cm³/mol. The average molecular weight is 319 g/mol. The highest BCUT2D eigenvalue weighted by atomic mass is 16.5. The second kappa shape index (κ2) is 7.99. The zero-order valence-corrected chi connectivity index (χ0v) is 13.9. The summed E-state index contributed by atoms with van der Waals surface area (Å²) in [6.07, 6.45) is 2.47. The lowest BCUT2D eigenvalue weighted by Crippen LogP contribution is -2.42. The number of carboxylic acid groups (broad SMARTS) is 1. The van der Waals surface area contributed by atoms with Crippen molar-refractivity contribution < 1.29 is 19.4 Å². The van der Waals surface area contributed by atoms with E-state index in [2.05, 4.69) is 6.92 Å². The van der Waals surface area contributed by atoms with Crippen molar-refractivity contribution in [1.82, 2.24) is 4.90 Å². The number of amides is 1. The first-order valence-corrected chi connectivity index (χ1v) is 8.18. The van der Waals surface area contributed by atoms with Crippen molar-refractivity contribution in [3.05, 3.63) is 29.3 Å². The number of aryl methyl sites for hydroxylation is 2. The van der Waals surface area contributed by atoms with Crippen LogP contribution in [0.1, 0.15) is 36.8 Å². The average Bonchev–Trinajstić information content (AvgIpc) is 2.54. The molecule has 5 nitrogen and oxygen atoms in total. The first kappa shape index (κ1) is 17.3. The maximum atomic E-state index is 12.2. The van der Waals surface area contributed by atoms with Gasteiger partial charge < -0.3 is 14.7 Å². The van der Waals surface area contributed by atoms with Gasteiger partial charge in [0.15, 0.2) is 0 Å². The van der Waals surface area contributed by atoms with Gasteiger partial charge in [-0.05, 0) is 56.4 Å². The van der Waals surface area contributed by atoms with Gasteiger partial charge in [0.1, 0.15) is 5.75 Å². The molecule has 1 amide bonds. The molecule has 0 radical (unpaired) electrons. The van der Waals surface area contributed by atoms with E-state index in [9.17, 15) is 9.59 Å². The van der Waals surface area contributed by atoms with Gasteiger partial charge in [-0.3, -0.25) is 9.59 Å². The fraction of sp³-hybridized carbons (Fsp3) is 0.556. The van der Waals surface area contributed by atoms with E-state index in [4.69, 9.17) is 9.84 Å². The Morgan fingerprint density at radius 2 is 2.09 bits per heavy atom. The maximum Gasteiger partial charge on any atom is 0.308 e. The quantitative estimate of drug-likeness (QED) is 0.819. The van der Waals surface area contributed by atoms with Crippen molar-refractivity contribution in [3.63, 3.8) is 0 Å². The van der Waals surface area contributed by atoms with Crippen molar-refractivity contribution in [3.8, 4) is 5.75 Å². The van der Waals surface area contributed by atoms with Gasteiger partial charge in [-0.1, -0.05) is 6.07 Å². The minimum Gasteiger partial charge on any atom is -0.494 e. The van der Waals surface area contributed by atoms with E-state index in [-0.39, 0.29) is 5.91 Å². The molecule has 1 heterocycles. The molecule has 0 unspecified atom stereocenters. The third-order valence-corrected chi connectivity index (χ3v) is 4.41. The van der Waals surface area contributed by atoms with Gasteiger partial charge in [0.05, 0.1) is 12.5 Å². The minimum absolute atomic E-state index is 0.0274. The van der Waals surface area contributed by atoms with Crippen LogP contribution in [-0.4, -0.2) is 41.6 Å². The Morgan fingerprint density at radius 1 is 1.30 bits per heavy atom. The lowest BCUT2D eigenvalue weighted by molar-refractivity contribution is -0.145. The Labute approximate surface area is 137 Å². The maximum absolute atomic E-state index is 12.2. The van der Waals surface area contributed by atoms with E-state index in [1.165, 1.54) is 11.1 Å². The molecular formula is C18H25NO4. The van der Waals surface area contributed by atoms with Crippen molar-refractivity contribution >= 4 is 11.9 Å². The second-order valence-electron chi connectivity index (χ2n) is 6.22. The van der Waals surface area contributed by atoms with Crippen LogP contribution in [0.25, 0.3) is 0 Å².